The Morgan fingerprint density at radius 1 is 0.810 bits per heavy atom. The third-order valence-electron chi connectivity index (χ3n) is 5.50. The van der Waals surface area contributed by atoms with Gasteiger partial charge in [0.15, 0.2) is 0 Å². The molecule has 1 N–H and O–H groups in total. The van der Waals surface area contributed by atoms with E-state index in [0.717, 1.165) is 9.80 Å². The summed E-state index contributed by atoms with van der Waals surface area (Å²) in [5, 5.41) is 43.6. The maximum absolute atomic E-state index is 11.4. The van der Waals surface area contributed by atoms with Gasteiger partial charge in [-0.2, -0.15) is 0 Å². The number of carbonyl (C=O) groups excluding carboxylic acids is 3. The number of nitrogens with zero attached hydrogens (tertiary/aromatic N) is 3. The van der Waals surface area contributed by atoms with Crippen molar-refractivity contribution in [3.05, 3.63) is 53.7 Å². The fraction of sp³-hybridized carbons (Fsp3) is 0.269. The number of pyridine rings is 1. The smallest absolute Gasteiger partial charge is 0.548 e. The number of anilines is 2. The quantitative estimate of drug-likeness (QED) is 0.161. The number of ether oxygens (including phenoxy) is 2. The molecule has 0 atom stereocenters. The SMILES string of the molecule is COc1cc(N(CC(=O)[O-])CC(=O)O)c2nc(COc3ccc(C)cc3N(CC(=O)[O-])CC(=O)[O-])ccc2c1.[K+].[K+].[K+]. The van der Waals surface area contributed by atoms with Crippen LogP contribution in [0.15, 0.2) is 42.5 Å². The van der Waals surface area contributed by atoms with E-state index in [0.29, 0.717) is 22.4 Å². The van der Waals surface area contributed by atoms with Gasteiger partial charge >= 0.3 is 160 Å². The van der Waals surface area contributed by atoms with Crippen molar-refractivity contribution < 1.29 is 203 Å². The maximum atomic E-state index is 11.4. The molecule has 42 heavy (non-hydrogen) atoms. The predicted octanol–water partition coefficient (Wildman–Crippen LogP) is -10.9. The van der Waals surface area contributed by atoms with E-state index in [9.17, 15) is 39.6 Å². The van der Waals surface area contributed by atoms with Gasteiger partial charge in [0.2, 0.25) is 0 Å². The van der Waals surface area contributed by atoms with Gasteiger partial charge in [0.1, 0.15) is 24.7 Å². The van der Waals surface area contributed by atoms with Crippen molar-refractivity contribution >= 4 is 46.2 Å². The Kier molecular flexibility index (Phi) is 20.0. The summed E-state index contributed by atoms with van der Waals surface area (Å²) in [6.07, 6.45) is 0. The molecule has 0 amide bonds. The molecule has 0 spiro atoms. The molecule has 0 saturated carbocycles. The Morgan fingerprint density at radius 2 is 1.38 bits per heavy atom. The molecule has 0 aliphatic carbocycles. The first-order valence-corrected chi connectivity index (χ1v) is 11.5. The number of aryl methyl sites for hydroxylation is 1. The van der Waals surface area contributed by atoms with Crippen molar-refractivity contribution in [1.29, 1.82) is 0 Å². The maximum Gasteiger partial charge on any atom is 1.00 e. The second kappa shape index (κ2) is 20.1. The molecule has 0 fully saturated rings. The van der Waals surface area contributed by atoms with Crippen molar-refractivity contribution in [2.45, 2.75) is 13.5 Å². The third-order valence-corrected chi connectivity index (χ3v) is 5.50. The van der Waals surface area contributed by atoms with E-state index in [1.54, 1.807) is 43.3 Å². The number of methoxy groups -OCH3 is 1. The van der Waals surface area contributed by atoms with Crippen LogP contribution in [0.3, 0.4) is 0 Å². The first-order chi connectivity index (χ1) is 18.5. The van der Waals surface area contributed by atoms with Crippen molar-refractivity contribution in [2.75, 3.05) is 43.1 Å². The number of hydrogen-bond acceptors (Lipinski definition) is 12. The van der Waals surface area contributed by atoms with Crippen LogP contribution in [0.1, 0.15) is 11.3 Å². The van der Waals surface area contributed by atoms with Crippen molar-refractivity contribution in [3.63, 3.8) is 0 Å². The average Bonchev–Trinajstić information content (AvgIpc) is 2.85. The van der Waals surface area contributed by atoms with E-state index in [1.807, 2.05) is 0 Å². The van der Waals surface area contributed by atoms with Gasteiger partial charge in [-0.3, -0.25) is 4.79 Å². The Balaban J connectivity index is 0.00000560. The summed E-state index contributed by atoms with van der Waals surface area (Å²) in [6, 6.07) is 11.2. The molecule has 13 nitrogen and oxygen atoms in total. The molecular weight excluding hydrogens is 632 g/mol. The molecule has 1 heterocycles. The minimum atomic E-state index is -1.50. The van der Waals surface area contributed by atoms with Crippen LogP contribution in [0.5, 0.6) is 11.5 Å². The van der Waals surface area contributed by atoms with E-state index < -0.39 is 50.1 Å². The average molecular weight is 656 g/mol. The molecule has 3 rings (SSSR count). The Bertz CT molecular complexity index is 1390. The van der Waals surface area contributed by atoms with Crippen LogP contribution in [0, 0.1) is 6.92 Å². The van der Waals surface area contributed by atoms with Crippen LogP contribution >= 0.6 is 0 Å². The first-order valence-electron chi connectivity index (χ1n) is 11.5. The van der Waals surface area contributed by atoms with Gasteiger partial charge in [-0.15, -0.1) is 0 Å². The molecule has 0 saturated heterocycles. The molecule has 1 aromatic heterocycles. The molecule has 0 bridgehead atoms. The second-order valence-electron chi connectivity index (χ2n) is 8.50. The molecule has 0 unspecified atom stereocenters. The Hall–Kier alpha value is -0.161. The molecule has 0 radical (unpaired) electrons. The standard InChI is InChI=1S/C26H27N3O10.3K/c1-15-3-6-21(19(7-15)28(10-22(30)31)11-23(32)33)39-14-17-5-4-16-8-18(38-2)9-20(26(16)27-17)29(12-24(34)35)13-25(36)37;;;/h3-9H,10-14H2,1-2H3,(H,30,31)(H,32,33)(H,34,35)(H,36,37);;;/q;3*+1/p-3. The number of rotatable bonds is 14. The van der Waals surface area contributed by atoms with Gasteiger partial charge in [-0.1, -0.05) is 12.1 Å². The van der Waals surface area contributed by atoms with Crippen LogP contribution in [0.25, 0.3) is 10.9 Å². The molecule has 0 aliphatic rings. The zero-order valence-corrected chi connectivity index (χ0v) is 33.4. The van der Waals surface area contributed by atoms with Gasteiger partial charge in [-0.05, 0) is 36.8 Å². The van der Waals surface area contributed by atoms with Gasteiger partial charge < -0.3 is 54.1 Å². The number of fused-ring (bicyclic) bond motifs is 1. The second-order valence-corrected chi connectivity index (χ2v) is 8.50. The fourth-order valence-corrected chi connectivity index (χ4v) is 3.90. The van der Waals surface area contributed by atoms with Gasteiger partial charge in [-0.25, -0.2) is 4.98 Å². The van der Waals surface area contributed by atoms with E-state index in [2.05, 4.69) is 4.98 Å². The number of benzene rings is 2. The number of hydrogen-bond donors (Lipinski definition) is 1. The minimum Gasteiger partial charge on any atom is -0.548 e. The predicted molar refractivity (Wildman–Crippen MR) is 131 cm³/mol. The Labute approximate surface area is 369 Å². The van der Waals surface area contributed by atoms with Crippen molar-refractivity contribution in [2.24, 2.45) is 0 Å². The Morgan fingerprint density at radius 3 is 1.90 bits per heavy atom. The van der Waals surface area contributed by atoms with Gasteiger partial charge in [0, 0.05) is 11.5 Å². The summed E-state index contributed by atoms with van der Waals surface area (Å²) in [7, 11) is 1.41. The van der Waals surface area contributed by atoms with E-state index in [-0.39, 0.29) is 183 Å². The minimum absolute atomic E-state index is 0. The molecule has 0 aliphatic heterocycles. The van der Waals surface area contributed by atoms with Gasteiger partial charge in [0.25, 0.3) is 0 Å². The number of carboxylic acids is 4. The normalized spacial score (nSPS) is 9.86. The van der Waals surface area contributed by atoms with Crippen molar-refractivity contribution in [3.8, 4) is 11.5 Å². The summed E-state index contributed by atoms with van der Waals surface area (Å²) in [6.45, 7) is -1.20. The zero-order chi connectivity index (χ0) is 28.7. The van der Waals surface area contributed by atoms with E-state index >= 15 is 0 Å². The molecule has 2 aromatic carbocycles. The van der Waals surface area contributed by atoms with Crippen LogP contribution in [0.4, 0.5) is 11.4 Å². The van der Waals surface area contributed by atoms with Crippen LogP contribution in [-0.2, 0) is 25.8 Å². The summed E-state index contributed by atoms with van der Waals surface area (Å²) in [5.41, 5.74) is 1.72. The monoisotopic (exact) mass is 655 g/mol. The topological polar surface area (TPSA) is 196 Å². The molecule has 16 heteroatoms. The largest absolute Gasteiger partial charge is 1.00 e. The first kappa shape index (κ1) is 41.8. The zero-order valence-electron chi connectivity index (χ0n) is 24.0. The summed E-state index contributed by atoms with van der Waals surface area (Å²) in [4.78, 5) is 51.8. The summed E-state index contributed by atoms with van der Waals surface area (Å²) < 4.78 is 11.2. The summed E-state index contributed by atoms with van der Waals surface area (Å²) >= 11 is 0. The van der Waals surface area contributed by atoms with E-state index in [1.165, 1.54) is 13.2 Å². The van der Waals surface area contributed by atoms with E-state index in [4.69, 9.17) is 9.47 Å². The number of aliphatic carboxylic acids is 4. The van der Waals surface area contributed by atoms with Crippen LogP contribution in [0.2, 0.25) is 0 Å². The summed E-state index contributed by atoms with van der Waals surface area (Å²) in [5.74, 6) is -5.23. The third kappa shape index (κ3) is 12.7. The molecule has 3 aromatic rings. The van der Waals surface area contributed by atoms with Crippen molar-refractivity contribution in [1.82, 2.24) is 4.98 Å². The van der Waals surface area contributed by atoms with Gasteiger partial charge in [0.05, 0.1) is 67.2 Å². The fourth-order valence-electron chi connectivity index (χ4n) is 3.90. The number of carbonyl (C=O) groups is 4. The molecular formula is C26H24K3N3O10. The number of carboxylic acid groups (broad SMARTS) is 4. The number of aromatic nitrogens is 1. The van der Waals surface area contributed by atoms with Crippen LogP contribution in [-0.4, -0.2) is 67.3 Å². The van der Waals surface area contributed by atoms with Crippen LogP contribution < -0.4 is 189 Å². The molecule has 206 valence electrons.